The van der Waals surface area contributed by atoms with Crippen LogP contribution in [0.15, 0.2) is 58.4 Å². The summed E-state index contributed by atoms with van der Waals surface area (Å²) in [5, 5.41) is 13.9. The van der Waals surface area contributed by atoms with Gasteiger partial charge in [-0.1, -0.05) is 30.3 Å². The van der Waals surface area contributed by atoms with E-state index in [1.54, 1.807) is 6.08 Å². The molecule has 2 N–H and O–H groups in total. The number of amides is 1. The fourth-order valence-corrected chi connectivity index (χ4v) is 4.67. The Balaban J connectivity index is 1.68. The molecule has 1 heterocycles. The van der Waals surface area contributed by atoms with Crippen molar-refractivity contribution in [1.29, 1.82) is 0 Å². The number of carbonyl (C=O) groups is 2. The third kappa shape index (κ3) is 5.21. The molecule has 186 valence electrons. The second-order valence-electron chi connectivity index (χ2n) is 7.95. The van der Waals surface area contributed by atoms with Gasteiger partial charge in [-0.05, 0) is 56.8 Å². The number of halogens is 1. The van der Waals surface area contributed by atoms with Crippen LogP contribution in [0, 0.1) is 5.82 Å². The second-order valence-corrected chi connectivity index (χ2v) is 8.98. The van der Waals surface area contributed by atoms with E-state index in [9.17, 15) is 14.0 Å². The lowest BCUT2D eigenvalue weighted by Gasteiger charge is -2.15. The summed E-state index contributed by atoms with van der Waals surface area (Å²) in [6, 6.07) is 13.7. The number of fused-ring (bicyclic) bond motifs is 1. The average Bonchev–Trinajstić information content (AvgIpc) is 3.19. The zero-order chi connectivity index (χ0) is 25.8. The van der Waals surface area contributed by atoms with Crippen LogP contribution < -0.4 is 14.8 Å². The zero-order valence-electron chi connectivity index (χ0n) is 20.0. The molecule has 1 unspecified atom stereocenters. The van der Waals surface area contributed by atoms with E-state index in [1.165, 1.54) is 19.1 Å². The number of carboxylic acids is 1. The van der Waals surface area contributed by atoms with E-state index in [-0.39, 0.29) is 22.3 Å². The molecule has 1 atom stereocenters. The maximum Gasteiger partial charge on any atom is 0.310 e. The van der Waals surface area contributed by atoms with Gasteiger partial charge in [-0.25, -0.2) is 9.38 Å². The monoisotopic (exact) mass is 508 g/mol. The molecule has 0 spiro atoms. The van der Waals surface area contributed by atoms with E-state index in [1.807, 2.05) is 44.2 Å². The number of nitrogens with one attached hydrogen (secondary N) is 1. The first-order chi connectivity index (χ1) is 17.3. The van der Waals surface area contributed by atoms with Crippen LogP contribution in [-0.2, 0) is 9.59 Å². The number of aliphatic imine (C=N–C) groups is 1. The Morgan fingerprint density at radius 3 is 2.53 bits per heavy atom. The lowest BCUT2D eigenvalue weighted by atomic mass is 10.0. The first-order valence-electron chi connectivity index (χ1n) is 11.5. The Kier molecular flexibility index (Phi) is 7.59. The summed E-state index contributed by atoms with van der Waals surface area (Å²) in [5.74, 6) is -1.78. The van der Waals surface area contributed by atoms with Gasteiger partial charge in [0.25, 0.3) is 5.91 Å². The molecule has 0 bridgehead atoms. The van der Waals surface area contributed by atoms with Gasteiger partial charge in [-0.3, -0.25) is 9.59 Å². The van der Waals surface area contributed by atoms with E-state index in [2.05, 4.69) is 10.3 Å². The van der Waals surface area contributed by atoms with Crippen LogP contribution in [0.5, 0.6) is 11.5 Å². The van der Waals surface area contributed by atoms with Crippen molar-refractivity contribution in [3.8, 4) is 11.5 Å². The Labute approximate surface area is 212 Å². The molecule has 0 aliphatic carbocycles. The quantitative estimate of drug-likeness (QED) is 0.370. The molecular formula is C27H25FN2O5S. The molecule has 0 aromatic heterocycles. The highest BCUT2D eigenvalue weighted by Gasteiger charge is 2.25. The van der Waals surface area contributed by atoms with Gasteiger partial charge in [-0.2, -0.15) is 0 Å². The maximum atomic E-state index is 14.5. The van der Waals surface area contributed by atoms with Crippen LogP contribution in [0.1, 0.15) is 37.8 Å². The molecule has 3 aromatic rings. The molecule has 0 saturated carbocycles. The number of carbonyl (C=O) groups excluding carboxylic acids is 1. The predicted octanol–water partition coefficient (Wildman–Crippen LogP) is 5.86. The molecule has 9 heteroatoms. The average molecular weight is 509 g/mol. The Morgan fingerprint density at radius 2 is 1.86 bits per heavy atom. The highest BCUT2D eigenvalue weighted by molar-refractivity contribution is 8.18. The maximum absolute atomic E-state index is 14.5. The predicted molar refractivity (Wildman–Crippen MR) is 140 cm³/mol. The van der Waals surface area contributed by atoms with E-state index >= 15 is 0 Å². The van der Waals surface area contributed by atoms with Crippen LogP contribution in [-0.4, -0.2) is 35.4 Å². The fraction of sp³-hybridized carbons (Fsp3) is 0.222. The van der Waals surface area contributed by atoms with Crippen molar-refractivity contribution in [2.75, 3.05) is 13.2 Å². The first-order valence-corrected chi connectivity index (χ1v) is 12.3. The Bertz CT molecular complexity index is 1400. The van der Waals surface area contributed by atoms with Gasteiger partial charge >= 0.3 is 5.97 Å². The van der Waals surface area contributed by atoms with Crippen molar-refractivity contribution in [1.82, 2.24) is 5.32 Å². The molecule has 1 aliphatic rings. The number of hydrogen-bond acceptors (Lipinski definition) is 6. The summed E-state index contributed by atoms with van der Waals surface area (Å²) in [7, 11) is 0. The van der Waals surface area contributed by atoms with Crippen molar-refractivity contribution in [2.24, 2.45) is 4.99 Å². The van der Waals surface area contributed by atoms with Crippen LogP contribution in [0.25, 0.3) is 16.8 Å². The van der Waals surface area contributed by atoms with E-state index in [0.717, 1.165) is 28.6 Å². The number of aliphatic carboxylic acids is 1. The van der Waals surface area contributed by atoms with Crippen molar-refractivity contribution >= 4 is 51.3 Å². The number of amidine groups is 1. The van der Waals surface area contributed by atoms with Crippen LogP contribution in [0.4, 0.5) is 10.1 Å². The fourth-order valence-electron chi connectivity index (χ4n) is 3.83. The second kappa shape index (κ2) is 10.8. The van der Waals surface area contributed by atoms with Crippen molar-refractivity contribution < 1.29 is 28.6 Å². The largest absolute Gasteiger partial charge is 0.493 e. The van der Waals surface area contributed by atoms with Crippen LogP contribution >= 0.6 is 11.8 Å². The molecule has 1 amide bonds. The summed E-state index contributed by atoms with van der Waals surface area (Å²) in [6.45, 7) is 6.15. The Hall–Kier alpha value is -3.85. The van der Waals surface area contributed by atoms with Gasteiger partial charge in [0.15, 0.2) is 5.17 Å². The molecule has 3 aromatic carbocycles. The molecular weight excluding hydrogens is 483 g/mol. The zero-order valence-corrected chi connectivity index (χ0v) is 20.8. The van der Waals surface area contributed by atoms with Crippen LogP contribution in [0.2, 0.25) is 0 Å². The van der Waals surface area contributed by atoms with Gasteiger partial charge < -0.3 is 19.9 Å². The first kappa shape index (κ1) is 25.2. The number of benzene rings is 3. The summed E-state index contributed by atoms with van der Waals surface area (Å²) in [5.41, 5.74) is 1.02. The van der Waals surface area contributed by atoms with Gasteiger partial charge in [-0.15, -0.1) is 0 Å². The standard InChI is InChI=1S/C27H25FN2O5S/c1-4-34-22-12-16(24(35-5-2)20-9-7-6-8-19(20)22)13-23-25(31)30-27(36-23)29-17-10-11-18(21(28)14-17)15(3)26(32)33/h6-15H,4-5H2,1-3H3,(H,32,33)(H,29,30,31)/b23-13-. The van der Waals surface area contributed by atoms with E-state index in [4.69, 9.17) is 14.6 Å². The van der Waals surface area contributed by atoms with Crippen molar-refractivity contribution in [3.63, 3.8) is 0 Å². The van der Waals surface area contributed by atoms with E-state index < -0.39 is 17.7 Å². The highest BCUT2D eigenvalue weighted by Crippen LogP contribution is 2.40. The number of hydrogen-bond donors (Lipinski definition) is 2. The van der Waals surface area contributed by atoms with Gasteiger partial charge in [0.05, 0.1) is 29.7 Å². The van der Waals surface area contributed by atoms with E-state index in [0.29, 0.717) is 35.2 Å². The summed E-state index contributed by atoms with van der Waals surface area (Å²) < 4.78 is 26.3. The SMILES string of the molecule is CCOc1cc(/C=C2\SC(=Nc3ccc(C(C)C(=O)O)c(F)c3)NC2=O)c(OCC)c2ccccc12. The van der Waals surface area contributed by atoms with Gasteiger partial charge in [0.2, 0.25) is 0 Å². The minimum Gasteiger partial charge on any atom is -0.493 e. The number of thioether (sulfide) groups is 1. The summed E-state index contributed by atoms with van der Waals surface area (Å²) in [6.07, 6.45) is 1.72. The lowest BCUT2D eigenvalue weighted by Crippen LogP contribution is -2.19. The molecule has 4 rings (SSSR count). The smallest absolute Gasteiger partial charge is 0.310 e. The van der Waals surface area contributed by atoms with Crippen LogP contribution in [0.3, 0.4) is 0 Å². The van der Waals surface area contributed by atoms with Crippen molar-refractivity contribution in [3.05, 3.63) is 70.4 Å². The Morgan fingerprint density at radius 1 is 1.14 bits per heavy atom. The highest BCUT2D eigenvalue weighted by atomic mass is 32.2. The summed E-state index contributed by atoms with van der Waals surface area (Å²) >= 11 is 1.12. The third-order valence-electron chi connectivity index (χ3n) is 5.56. The number of carboxylic acid groups (broad SMARTS) is 1. The van der Waals surface area contributed by atoms with Crippen molar-refractivity contribution in [2.45, 2.75) is 26.7 Å². The third-order valence-corrected chi connectivity index (χ3v) is 6.47. The minimum atomic E-state index is -1.12. The topological polar surface area (TPSA) is 97.2 Å². The molecule has 1 fully saturated rings. The molecule has 0 radical (unpaired) electrons. The summed E-state index contributed by atoms with van der Waals surface area (Å²) in [4.78, 5) is 28.6. The number of ether oxygens (including phenoxy) is 2. The number of nitrogens with zero attached hydrogens (tertiary/aromatic N) is 1. The van der Waals surface area contributed by atoms with Gasteiger partial charge in [0.1, 0.15) is 17.3 Å². The molecule has 7 nitrogen and oxygen atoms in total. The minimum absolute atomic E-state index is 0.0694. The van der Waals surface area contributed by atoms with Gasteiger partial charge in [0, 0.05) is 21.9 Å². The lowest BCUT2D eigenvalue weighted by molar-refractivity contribution is -0.138. The molecule has 1 saturated heterocycles. The number of rotatable bonds is 8. The normalized spacial score (nSPS) is 16.4. The molecule has 1 aliphatic heterocycles. The molecule has 36 heavy (non-hydrogen) atoms.